The van der Waals surface area contributed by atoms with Crippen molar-refractivity contribution in [2.45, 2.75) is 13.8 Å². The Balaban J connectivity index is 1.89. The second-order valence-electron chi connectivity index (χ2n) is 5.75. The molecule has 0 saturated carbocycles. The maximum atomic E-state index is 11.6. The molecule has 2 fully saturated rings. The van der Waals surface area contributed by atoms with Gasteiger partial charge in [0, 0.05) is 19.6 Å². The summed E-state index contributed by atoms with van der Waals surface area (Å²) in [5.74, 6) is 1.46. The van der Waals surface area contributed by atoms with Gasteiger partial charge in [0.2, 0.25) is 0 Å². The van der Waals surface area contributed by atoms with Crippen LogP contribution in [0.15, 0.2) is 0 Å². The van der Waals surface area contributed by atoms with Crippen molar-refractivity contribution in [3.05, 3.63) is 0 Å². The zero-order valence-electron chi connectivity index (χ0n) is 10.5. The first-order chi connectivity index (χ1) is 7.53. The van der Waals surface area contributed by atoms with E-state index in [1.165, 1.54) is 7.11 Å². The number of likely N-dealkylation sites (tertiary alicyclic amines) is 1. The predicted octanol–water partition coefficient (Wildman–Crippen LogP) is 0.337. The van der Waals surface area contributed by atoms with Crippen LogP contribution in [0.5, 0.6) is 0 Å². The molecule has 2 aliphatic rings. The van der Waals surface area contributed by atoms with Gasteiger partial charge in [0.15, 0.2) is 0 Å². The number of carbonyl (C=O) groups is 1. The van der Waals surface area contributed by atoms with Crippen molar-refractivity contribution < 1.29 is 9.53 Å². The predicted molar refractivity (Wildman–Crippen MR) is 62.1 cm³/mol. The molecule has 4 nitrogen and oxygen atoms in total. The van der Waals surface area contributed by atoms with Gasteiger partial charge in [-0.15, -0.1) is 0 Å². The minimum absolute atomic E-state index is 0.109. The van der Waals surface area contributed by atoms with Crippen LogP contribution in [0.25, 0.3) is 0 Å². The highest BCUT2D eigenvalue weighted by molar-refractivity contribution is 5.76. The van der Waals surface area contributed by atoms with E-state index in [1.807, 2.05) is 13.8 Å². The van der Waals surface area contributed by atoms with Crippen molar-refractivity contribution in [1.82, 2.24) is 10.2 Å². The van der Waals surface area contributed by atoms with Crippen molar-refractivity contribution in [2.75, 3.05) is 39.8 Å². The summed E-state index contributed by atoms with van der Waals surface area (Å²) in [6, 6.07) is 0. The fraction of sp³-hybridized carbons (Fsp3) is 0.917. The molecule has 2 rings (SSSR count). The summed E-state index contributed by atoms with van der Waals surface area (Å²) >= 11 is 0. The van der Waals surface area contributed by atoms with Crippen LogP contribution in [0.2, 0.25) is 0 Å². The van der Waals surface area contributed by atoms with E-state index in [0.29, 0.717) is 0 Å². The normalized spacial score (nSPS) is 30.4. The maximum Gasteiger partial charge on any atom is 0.312 e. The van der Waals surface area contributed by atoms with Crippen LogP contribution in [-0.2, 0) is 9.53 Å². The van der Waals surface area contributed by atoms with E-state index in [4.69, 9.17) is 4.74 Å². The van der Waals surface area contributed by atoms with Crippen molar-refractivity contribution in [2.24, 2.45) is 17.3 Å². The first-order valence-corrected chi connectivity index (χ1v) is 6.04. The number of carbonyl (C=O) groups excluding carboxylic acids is 1. The van der Waals surface area contributed by atoms with Crippen LogP contribution >= 0.6 is 0 Å². The molecule has 0 aromatic heterocycles. The molecular formula is C12H22N2O2. The van der Waals surface area contributed by atoms with Gasteiger partial charge in [-0.05, 0) is 38.8 Å². The minimum atomic E-state index is -0.388. The lowest BCUT2D eigenvalue weighted by atomic mass is 9.93. The number of ether oxygens (including phenoxy) is 1. The molecule has 16 heavy (non-hydrogen) atoms. The Morgan fingerprint density at radius 3 is 2.44 bits per heavy atom. The molecule has 0 aliphatic carbocycles. The van der Waals surface area contributed by atoms with Gasteiger partial charge < -0.3 is 15.0 Å². The second-order valence-corrected chi connectivity index (χ2v) is 5.75. The van der Waals surface area contributed by atoms with E-state index >= 15 is 0 Å². The van der Waals surface area contributed by atoms with Crippen LogP contribution in [0, 0.1) is 17.3 Å². The summed E-state index contributed by atoms with van der Waals surface area (Å²) in [7, 11) is 1.46. The summed E-state index contributed by atoms with van der Waals surface area (Å²) in [6.45, 7) is 9.26. The third-order valence-corrected chi connectivity index (χ3v) is 3.82. The van der Waals surface area contributed by atoms with E-state index < -0.39 is 0 Å². The van der Waals surface area contributed by atoms with E-state index in [1.54, 1.807) is 0 Å². The van der Waals surface area contributed by atoms with E-state index in [2.05, 4.69) is 10.2 Å². The van der Waals surface area contributed by atoms with Crippen molar-refractivity contribution in [1.29, 1.82) is 0 Å². The lowest BCUT2D eigenvalue weighted by molar-refractivity contribution is -0.151. The van der Waals surface area contributed by atoms with Crippen LogP contribution in [0.4, 0.5) is 0 Å². The van der Waals surface area contributed by atoms with Crippen molar-refractivity contribution >= 4 is 5.97 Å². The van der Waals surface area contributed by atoms with Gasteiger partial charge in [-0.2, -0.15) is 0 Å². The van der Waals surface area contributed by atoms with Crippen molar-refractivity contribution in [3.63, 3.8) is 0 Å². The standard InChI is InChI=1S/C12H22N2O2/c1-12(2,11(15)16-3)8-14-6-9-4-13-5-10(9)7-14/h9-10,13H,4-8H2,1-3H3. The number of rotatable bonds is 3. The number of hydrogen-bond acceptors (Lipinski definition) is 4. The second kappa shape index (κ2) is 4.34. The molecule has 2 atom stereocenters. The molecule has 0 amide bonds. The molecule has 92 valence electrons. The summed E-state index contributed by atoms with van der Waals surface area (Å²) in [5.41, 5.74) is -0.388. The fourth-order valence-corrected chi connectivity index (χ4v) is 2.98. The zero-order valence-corrected chi connectivity index (χ0v) is 10.5. The minimum Gasteiger partial charge on any atom is -0.469 e. The number of hydrogen-bond donors (Lipinski definition) is 1. The van der Waals surface area contributed by atoms with Gasteiger partial charge in [0.1, 0.15) is 0 Å². The molecule has 0 aromatic rings. The highest BCUT2D eigenvalue weighted by atomic mass is 16.5. The molecule has 0 bridgehead atoms. The Hall–Kier alpha value is -0.610. The average Bonchev–Trinajstić information content (AvgIpc) is 2.75. The SMILES string of the molecule is COC(=O)C(C)(C)CN1CC2CNCC2C1. The molecule has 0 aromatic carbocycles. The Morgan fingerprint density at radius 2 is 1.94 bits per heavy atom. The van der Waals surface area contributed by atoms with Crippen LogP contribution in [-0.4, -0.2) is 50.7 Å². The fourth-order valence-electron chi connectivity index (χ4n) is 2.98. The molecule has 2 heterocycles. The van der Waals surface area contributed by atoms with Gasteiger partial charge >= 0.3 is 5.97 Å². The van der Waals surface area contributed by atoms with Crippen LogP contribution in [0.3, 0.4) is 0 Å². The Labute approximate surface area is 97.3 Å². The van der Waals surface area contributed by atoms with E-state index in [-0.39, 0.29) is 11.4 Å². The molecule has 0 spiro atoms. The average molecular weight is 226 g/mol. The van der Waals surface area contributed by atoms with Gasteiger partial charge in [-0.1, -0.05) is 0 Å². The summed E-state index contributed by atoms with van der Waals surface area (Å²) in [4.78, 5) is 14.0. The first-order valence-electron chi connectivity index (χ1n) is 6.04. The Kier molecular flexibility index (Phi) is 3.22. The Morgan fingerprint density at radius 1 is 1.38 bits per heavy atom. The summed E-state index contributed by atoms with van der Waals surface area (Å²) < 4.78 is 4.84. The number of esters is 1. The quantitative estimate of drug-likeness (QED) is 0.705. The lowest BCUT2D eigenvalue weighted by Crippen LogP contribution is -2.40. The number of methoxy groups -OCH3 is 1. The monoisotopic (exact) mass is 226 g/mol. The summed E-state index contributed by atoms with van der Waals surface area (Å²) in [6.07, 6.45) is 0. The summed E-state index contributed by atoms with van der Waals surface area (Å²) in [5, 5.41) is 3.42. The van der Waals surface area contributed by atoms with E-state index in [9.17, 15) is 4.79 Å². The van der Waals surface area contributed by atoms with Gasteiger partial charge in [-0.3, -0.25) is 4.79 Å². The maximum absolute atomic E-state index is 11.6. The topological polar surface area (TPSA) is 41.6 Å². The highest BCUT2D eigenvalue weighted by Crippen LogP contribution is 2.29. The third-order valence-electron chi connectivity index (χ3n) is 3.82. The van der Waals surface area contributed by atoms with Gasteiger partial charge in [-0.25, -0.2) is 0 Å². The van der Waals surface area contributed by atoms with Crippen LogP contribution in [0.1, 0.15) is 13.8 Å². The van der Waals surface area contributed by atoms with Crippen LogP contribution < -0.4 is 5.32 Å². The molecule has 2 saturated heterocycles. The zero-order chi connectivity index (χ0) is 11.8. The molecule has 0 radical (unpaired) electrons. The Bertz CT molecular complexity index is 266. The van der Waals surface area contributed by atoms with Gasteiger partial charge in [0.25, 0.3) is 0 Å². The first kappa shape index (κ1) is 11.9. The number of fused-ring (bicyclic) bond motifs is 1. The molecule has 1 N–H and O–H groups in total. The van der Waals surface area contributed by atoms with Crippen molar-refractivity contribution in [3.8, 4) is 0 Å². The lowest BCUT2D eigenvalue weighted by Gasteiger charge is -2.28. The molecule has 2 unspecified atom stereocenters. The highest BCUT2D eigenvalue weighted by Gasteiger charge is 2.39. The number of nitrogens with zero attached hydrogens (tertiary/aromatic N) is 1. The van der Waals surface area contributed by atoms with Gasteiger partial charge in [0.05, 0.1) is 12.5 Å². The third kappa shape index (κ3) is 2.23. The molecule has 2 aliphatic heterocycles. The molecular weight excluding hydrogens is 204 g/mol. The largest absolute Gasteiger partial charge is 0.469 e. The smallest absolute Gasteiger partial charge is 0.312 e. The molecule has 4 heteroatoms. The van der Waals surface area contributed by atoms with E-state index in [0.717, 1.165) is 44.6 Å². The number of nitrogens with one attached hydrogen (secondary N) is 1.